The Morgan fingerprint density at radius 3 is 2.77 bits per heavy atom. The van der Waals surface area contributed by atoms with Gasteiger partial charge < -0.3 is 16.0 Å². The van der Waals surface area contributed by atoms with Crippen LogP contribution < -0.4 is 10.6 Å². The Bertz CT molecular complexity index is 225. The molecule has 4 heteroatoms. The molecule has 3 N–H and O–H groups in total. The molecule has 2 unspecified atom stereocenters. The highest BCUT2D eigenvalue weighted by atomic mass is 19.1. The number of rotatable bonds is 3. The maximum absolute atomic E-state index is 12.9. The van der Waals surface area contributed by atoms with Crippen molar-refractivity contribution in [3.8, 4) is 0 Å². The lowest BCUT2D eigenvalue weighted by molar-refractivity contribution is 0.358. The highest BCUT2D eigenvalue weighted by Gasteiger charge is 2.26. The van der Waals surface area contributed by atoms with Gasteiger partial charge in [0.05, 0.1) is 0 Å². The Balaban J connectivity index is 2.66. The molecular formula is C9H16FN3. The van der Waals surface area contributed by atoms with E-state index in [0.717, 1.165) is 5.57 Å². The molecule has 0 amide bonds. The van der Waals surface area contributed by atoms with E-state index in [1.54, 1.807) is 20.2 Å². The highest BCUT2D eigenvalue weighted by Crippen LogP contribution is 2.17. The van der Waals surface area contributed by atoms with Crippen molar-refractivity contribution in [3.05, 3.63) is 11.8 Å². The molecule has 0 aromatic rings. The summed E-state index contributed by atoms with van der Waals surface area (Å²) in [6.45, 7) is 2.12. The average Bonchev–Trinajstić information content (AvgIpc) is 2.46. The van der Waals surface area contributed by atoms with Crippen LogP contribution in [0.25, 0.3) is 0 Å². The number of alkyl halides is 1. The Kier molecular flexibility index (Phi) is 3.42. The van der Waals surface area contributed by atoms with Crippen LogP contribution in [0.15, 0.2) is 11.8 Å². The SMILES string of the molecule is CN/C=C(\C(C)=N)C1CC(F)CN1. The van der Waals surface area contributed by atoms with Gasteiger partial charge in [-0.15, -0.1) is 0 Å². The minimum atomic E-state index is -0.774. The predicted molar refractivity (Wildman–Crippen MR) is 51.8 cm³/mol. The van der Waals surface area contributed by atoms with Crippen molar-refractivity contribution in [3.63, 3.8) is 0 Å². The smallest absolute Gasteiger partial charge is 0.114 e. The molecule has 0 aromatic heterocycles. The molecule has 1 heterocycles. The number of halogens is 1. The summed E-state index contributed by atoms with van der Waals surface area (Å²) in [4.78, 5) is 0. The molecule has 0 aliphatic carbocycles. The molecule has 2 atom stereocenters. The molecule has 0 saturated carbocycles. The quantitative estimate of drug-likeness (QED) is 0.570. The van der Waals surface area contributed by atoms with Crippen LogP contribution in [0, 0.1) is 5.41 Å². The highest BCUT2D eigenvalue weighted by molar-refractivity contribution is 5.96. The second-order valence-corrected chi connectivity index (χ2v) is 3.31. The summed E-state index contributed by atoms with van der Waals surface area (Å²) in [6.07, 6.45) is 1.46. The fraction of sp³-hybridized carbons (Fsp3) is 0.667. The predicted octanol–water partition coefficient (Wildman–Crippen LogP) is 0.829. The average molecular weight is 185 g/mol. The second-order valence-electron chi connectivity index (χ2n) is 3.31. The standard InChI is InChI=1S/C9H16FN3/c1-6(11)8(5-12-2)9-3-7(10)4-13-9/h5,7,9,11-13H,3-4H2,1-2H3/b8-5+,11-6?. The summed E-state index contributed by atoms with van der Waals surface area (Å²) in [5.41, 5.74) is 1.34. The molecule has 0 aromatic carbocycles. The fourth-order valence-electron chi connectivity index (χ4n) is 1.56. The van der Waals surface area contributed by atoms with Gasteiger partial charge in [-0.1, -0.05) is 0 Å². The number of hydrogen-bond acceptors (Lipinski definition) is 3. The first-order valence-electron chi connectivity index (χ1n) is 4.45. The van der Waals surface area contributed by atoms with Crippen LogP contribution in [-0.2, 0) is 0 Å². The zero-order chi connectivity index (χ0) is 9.84. The van der Waals surface area contributed by atoms with Crippen molar-refractivity contribution in [1.82, 2.24) is 10.6 Å². The zero-order valence-electron chi connectivity index (χ0n) is 8.02. The van der Waals surface area contributed by atoms with E-state index in [2.05, 4.69) is 10.6 Å². The van der Waals surface area contributed by atoms with Crippen LogP contribution in [-0.4, -0.2) is 31.5 Å². The van der Waals surface area contributed by atoms with Crippen molar-refractivity contribution < 1.29 is 4.39 Å². The largest absolute Gasteiger partial charge is 0.394 e. The van der Waals surface area contributed by atoms with Gasteiger partial charge in [-0.25, -0.2) is 4.39 Å². The summed E-state index contributed by atoms with van der Waals surface area (Å²) in [5.74, 6) is 0. The minimum Gasteiger partial charge on any atom is -0.394 e. The molecule has 1 aliphatic heterocycles. The first-order valence-corrected chi connectivity index (χ1v) is 4.45. The first kappa shape index (κ1) is 10.2. The number of hydrogen-bond donors (Lipinski definition) is 3. The van der Waals surface area contributed by atoms with Crippen molar-refractivity contribution >= 4 is 5.71 Å². The van der Waals surface area contributed by atoms with Gasteiger partial charge in [0.2, 0.25) is 0 Å². The number of nitrogens with one attached hydrogen (secondary N) is 3. The zero-order valence-corrected chi connectivity index (χ0v) is 8.02. The van der Waals surface area contributed by atoms with Gasteiger partial charge in [-0.2, -0.15) is 0 Å². The van der Waals surface area contributed by atoms with E-state index in [1.165, 1.54) is 0 Å². The molecule has 1 rings (SSSR count). The summed E-state index contributed by atoms with van der Waals surface area (Å²) in [5, 5.41) is 13.4. The first-order chi connectivity index (χ1) is 6.15. The van der Waals surface area contributed by atoms with E-state index >= 15 is 0 Å². The summed E-state index contributed by atoms with van der Waals surface area (Å²) >= 11 is 0. The molecule has 1 fully saturated rings. The Morgan fingerprint density at radius 2 is 2.38 bits per heavy atom. The van der Waals surface area contributed by atoms with E-state index in [0.29, 0.717) is 18.7 Å². The van der Waals surface area contributed by atoms with E-state index in [9.17, 15) is 4.39 Å². The van der Waals surface area contributed by atoms with Gasteiger partial charge in [0.25, 0.3) is 0 Å². The fourth-order valence-corrected chi connectivity index (χ4v) is 1.56. The van der Waals surface area contributed by atoms with Gasteiger partial charge >= 0.3 is 0 Å². The summed E-state index contributed by atoms with van der Waals surface area (Å²) in [6, 6.07) is -0.0000463. The van der Waals surface area contributed by atoms with Crippen molar-refractivity contribution in [2.24, 2.45) is 0 Å². The van der Waals surface area contributed by atoms with Crippen LogP contribution in [0.3, 0.4) is 0 Å². The van der Waals surface area contributed by atoms with Crippen LogP contribution in [0.5, 0.6) is 0 Å². The Labute approximate surface area is 77.9 Å². The third-order valence-corrected chi connectivity index (χ3v) is 2.19. The normalized spacial score (nSPS) is 29.0. The molecule has 0 spiro atoms. The van der Waals surface area contributed by atoms with Crippen molar-refractivity contribution in [1.29, 1.82) is 5.41 Å². The van der Waals surface area contributed by atoms with E-state index in [1.807, 2.05) is 0 Å². The maximum Gasteiger partial charge on any atom is 0.114 e. The van der Waals surface area contributed by atoms with Gasteiger partial charge in [0, 0.05) is 37.1 Å². The maximum atomic E-state index is 12.9. The van der Waals surface area contributed by atoms with Crippen molar-refractivity contribution in [2.45, 2.75) is 25.6 Å². The van der Waals surface area contributed by atoms with Crippen LogP contribution in [0.1, 0.15) is 13.3 Å². The lowest BCUT2D eigenvalue weighted by Crippen LogP contribution is -2.27. The summed E-state index contributed by atoms with van der Waals surface area (Å²) in [7, 11) is 1.78. The molecule has 1 saturated heterocycles. The molecule has 3 nitrogen and oxygen atoms in total. The van der Waals surface area contributed by atoms with Gasteiger partial charge in [-0.05, 0) is 13.3 Å². The van der Waals surface area contributed by atoms with Crippen LogP contribution in [0.2, 0.25) is 0 Å². The van der Waals surface area contributed by atoms with Gasteiger partial charge in [-0.3, -0.25) is 0 Å². The topological polar surface area (TPSA) is 47.9 Å². The van der Waals surface area contributed by atoms with Crippen LogP contribution in [0.4, 0.5) is 4.39 Å². The molecule has 13 heavy (non-hydrogen) atoms. The molecule has 74 valence electrons. The molecule has 1 aliphatic rings. The monoisotopic (exact) mass is 185 g/mol. The lowest BCUT2D eigenvalue weighted by atomic mass is 10.0. The minimum absolute atomic E-state index is 0.0000463. The van der Waals surface area contributed by atoms with E-state index < -0.39 is 6.17 Å². The second kappa shape index (κ2) is 4.37. The van der Waals surface area contributed by atoms with Gasteiger partial charge in [0.1, 0.15) is 6.17 Å². The van der Waals surface area contributed by atoms with Gasteiger partial charge in [0.15, 0.2) is 0 Å². The van der Waals surface area contributed by atoms with Crippen molar-refractivity contribution in [2.75, 3.05) is 13.6 Å². The molecule has 0 radical (unpaired) electrons. The Morgan fingerprint density at radius 1 is 1.69 bits per heavy atom. The Hall–Kier alpha value is -0.900. The van der Waals surface area contributed by atoms with E-state index in [-0.39, 0.29) is 6.04 Å². The lowest BCUT2D eigenvalue weighted by Gasteiger charge is -2.13. The molecular weight excluding hydrogens is 169 g/mol. The van der Waals surface area contributed by atoms with Crippen LogP contribution >= 0.6 is 0 Å². The third kappa shape index (κ3) is 2.52. The molecule has 0 bridgehead atoms. The third-order valence-electron chi connectivity index (χ3n) is 2.19. The van der Waals surface area contributed by atoms with E-state index in [4.69, 9.17) is 5.41 Å². The summed E-state index contributed by atoms with van der Waals surface area (Å²) < 4.78 is 12.9.